The molecule has 4 nitrogen and oxygen atoms in total. The first-order valence-electron chi connectivity index (χ1n) is 3.50. The van der Waals surface area contributed by atoms with E-state index in [0.717, 1.165) is 0 Å². The Labute approximate surface area is 72.7 Å². The summed E-state index contributed by atoms with van der Waals surface area (Å²) in [5.74, 6) is 1.18. The zero-order chi connectivity index (χ0) is 8.97. The van der Waals surface area contributed by atoms with E-state index >= 15 is 0 Å². The monoisotopic (exact) mass is 172 g/mol. The molecule has 1 rings (SSSR count). The van der Waals surface area contributed by atoms with Crippen molar-refractivity contribution in [2.45, 2.75) is 0 Å². The van der Waals surface area contributed by atoms with E-state index in [4.69, 9.17) is 14.3 Å². The Morgan fingerprint density at radius 3 is 2.50 bits per heavy atom. The molecule has 0 fully saturated rings. The molecule has 0 bridgehead atoms. The van der Waals surface area contributed by atoms with E-state index in [1.807, 2.05) is 6.07 Å². The maximum Gasteiger partial charge on any atom is 0.459 e. The van der Waals surface area contributed by atoms with E-state index in [-0.39, 0.29) is 1.43 Å². The van der Waals surface area contributed by atoms with Gasteiger partial charge >= 0.3 is 5.88 Å². The number of hydrogen-bond donors (Lipinski definition) is 0. The van der Waals surface area contributed by atoms with Crippen LogP contribution in [0.1, 0.15) is 1.43 Å². The summed E-state index contributed by atoms with van der Waals surface area (Å²) in [5, 5.41) is 0. The lowest BCUT2D eigenvalue weighted by Crippen LogP contribution is -2.41. The Balaban J connectivity index is 0.00000144. The van der Waals surface area contributed by atoms with Gasteiger partial charge < -0.3 is 10.9 Å². The van der Waals surface area contributed by atoms with Crippen molar-refractivity contribution < 1.29 is 20.5 Å². The molecule has 0 saturated carbocycles. The van der Waals surface area contributed by atoms with Crippen LogP contribution in [0.25, 0.3) is 0 Å². The second kappa shape index (κ2) is 3.80. The third kappa shape index (κ3) is 1.42. The van der Waals surface area contributed by atoms with Gasteiger partial charge in [-0.2, -0.15) is 0 Å². The predicted molar refractivity (Wildman–Crippen MR) is 43.4 cm³/mol. The average Bonchev–Trinajstić information content (AvgIpc) is 2.16. The summed E-state index contributed by atoms with van der Waals surface area (Å²) in [7, 11) is 4.70. The zero-order valence-corrected chi connectivity index (χ0v) is 7.40. The standard InChI is InChI=1S/C8H12NO3.H/c1-10-7-5-4-6-9(12-3)8(7)11-2;/h4-6H,1-3H3;/q+1;-1/i;1+1. The quantitative estimate of drug-likeness (QED) is 0.609. The van der Waals surface area contributed by atoms with Crippen molar-refractivity contribution in [3.63, 3.8) is 0 Å². The third-order valence-corrected chi connectivity index (χ3v) is 1.49. The van der Waals surface area contributed by atoms with Gasteiger partial charge in [0, 0.05) is 6.07 Å². The van der Waals surface area contributed by atoms with E-state index in [1.165, 1.54) is 4.73 Å². The van der Waals surface area contributed by atoms with Gasteiger partial charge in [0.15, 0.2) is 0 Å². The Bertz CT molecular complexity index is 245. The van der Waals surface area contributed by atoms with Gasteiger partial charge in [-0.1, -0.05) is 0 Å². The highest BCUT2D eigenvalue weighted by atomic mass is 16.7. The molecular formula is C8H13NO3. The minimum atomic E-state index is 0. The van der Waals surface area contributed by atoms with E-state index in [0.29, 0.717) is 11.6 Å². The minimum Gasteiger partial charge on any atom is -1.00 e. The topological polar surface area (TPSA) is 31.6 Å². The molecule has 0 aliphatic rings. The molecule has 0 atom stereocenters. The van der Waals surface area contributed by atoms with E-state index < -0.39 is 0 Å². The molecule has 0 aromatic carbocycles. The summed E-state index contributed by atoms with van der Waals surface area (Å²) in [6.07, 6.45) is 1.74. The number of nitrogens with zero attached hydrogens (tertiary/aromatic N) is 1. The number of hydrogen-bond acceptors (Lipinski definition) is 3. The molecule has 0 amide bonds. The number of pyridine rings is 1. The second-order valence-corrected chi connectivity index (χ2v) is 2.09. The number of methoxy groups -OCH3 is 2. The molecule has 4 heteroatoms. The Hall–Kier alpha value is -1.45. The van der Waals surface area contributed by atoms with Crippen LogP contribution in [-0.4, -0.2) is 21.3 Å². The second-order valence-electron chi connectivity index (χ2n) is 2.09. The highest BCUT2D eigenvalue weighted by molar-refractivity contribution is 5.27. The maximum atomic E-state index is 5.07. The van der Waals surface area contributed by atoms with Gasteiger partial charge in [0.2, 0.25) is 11.9 Å². The zero-order valence-electron chi connectivity index (χ0n) is 8.40. The number of aromatic nitrogens is 1. The van der Waals surface area contributed by atoms with Crippen molar-refractivity contribution in [3.05, 3.63) is 18.3 Å². The predicted octanol–water partition coefficient (Wildman–Crippen LogP) is 0.162. The Morgan fingerprint density at radius 1 is 1.25 bits per heavy atom. The van der Waals surface area contributed by atoms with E-state index in [2.05, 4.69) is 0 Å². The molecule has 1 heterocycles. The fourth-order valence-electron chi connectivity index (χ4n) is 0.946. The molecule has 68 valence electrons. The lowest BCUT2D eigenvalue weighted by atomic mass is 10.4. The molecule has 12 heavy (non-hydrogen) atoms. The maximum absolute atomic E-state index is 5.07. The van der Waals surface area contributed by atoms with Crippen molar-refractivity contribution >= 4 is 0 Å². The summed E-state index contributed by atoms with van der Waals surface area (Å²) in [6, 6.07) is 3.61. The molecule has 0 saturated heterocycles. The molecule has 1 aromatic rings. The van der Waals surface area contributed by atoms with Crippen LogP contribution in [0.15, 0.2) is 18.3 Å². The highest BCUT2D eigenvalue weighted by Crippen LogP contribution is 2.19. The van der Waals surface area contributed by atoms with Crippen LogP contribution < -0.4 is 19.0 Å². The lowest BCUT2D eigenvalue weighted by Gasteiger charge is -2.02. The molecule has 0 N–H and O–H groups in total. The van der Waals surface area contributed by atoms with Gasteiger partial charge in [0.25, 0.3) is 0 Å². The van der Waals surface area contributed by atoms with Crippen molar-refractivity contribution in [2.75, 3.05) is 21.3 Å². The molecule has 0 aliphatic heterocycles. The van der Waals surface area contributed by atoms with Gasteiger partial charge in [-0.05, 0) is 6.07 Å². The highest BCUT2D eigenvalue weighted by Gasteiger charge is 2.18. The SMILES string of the molecule is COc1ccc[n+](OC)c1OC.[2H-]. The smallest absolute Gasteiger partial charge is 0.459 e. The van der Waals surface area contributed by atoms with Crippen LogP contribution in [0.5, 0.6) is 11.6 Å². The summed E-state index contributed by atoms with van der Waals surface area (Å²) < 4.78 is 11.6. The van der Waals surface area contributed by atoms with Crippen molar-refractivity contribution in [2.24, 2.45) is 0 Å². The molecule has 0 radical (unpaired) electrons. The minimum absolute atomic E-state index is 0. The van der Waals surface area contributed by atoms with Crippen molar-refractivity contribution in [1.29, 1.82) is 0 Å². The molecule has 0 spiro atoms. The van der Waals surface area contributed by atoms with Crippen molar-refractivity contribution in [3.8, 4) is 11.6 Å². The third-order valence-electron chi connectivity index (χ3n) is 1.49. The average molecular weight is 172 g/mol. The Kier molecular flexibility index (Phi) is 2.74. The number of rotatable bonds is 3. The normalized spacial score (nSPS) is 9.25. The van der Waals surface area contributed by atoms with Crippen LogP contribution in [0.2, 0.25) is 0 Å². The fraction of sp³-hybridized carbons (Fsp3) is 0.375. The first-order chi connectivity index (χ1) is 5.83. The van der Waals surface area contributed by atoms with Gasteiger partial charge in [-0.15, -0.1) is 0 Å². The largest absolute Gasteiger partial charge is 1.00 e. The van der Waals surface area contributed by atoms with Gasteiger partial charge in [0.1, 0.15) is 7.11 Å². The molecule has 0 aliphatic carbocycles. The summed E-state index contributed by atoms with van der Waals surface area (Å²) in [5.41, 5.74) is 0. The molecule has 0 unspecified atom stereocenters. The first-order valence-corrected chi connectivity index (χ1v) is 3.50. The van der Waals surface area contributed by atoms with Gasteiger partial charge in [-0.3, -0.25) is 4.84 Å². The fourth-order valence-corrected chi connectivity index (χ4v) is 0.946. The van der Waals surface area contributed by atoms with E-state index in [9.17, 15) is 0 Å². The summed E-state index contributed by atoms with van der Waals surface area (Å²) >= 11 is 0. The molecule has 1 aromatic heterocycles. The number of ether oxygens (including phenoxy) is 2. The summed E-state index contributed by atoms with van der Waals surface area (Å²) in [6.45, 7) is 0. The Morgan fingerprint density at radius 2 is 2.00 bits per heavy atom. The summed E-state index contributed by atoms with van der Waals surface area (Å²) in [4.78, 5) is 4.99. The van der Waals surface area contributed by atoms with Crippen LogP contribution >= 0.6 is 0 Å². The van der Waals surface area contributed by atoms with Crippen LogP contribution in [0, 0.1) is 0 Å². The van der Waals surface area contributed by atoms with Crippen LogP contribution in [-0.2, 0) is 0 Å². The first kappa shape index (κ1) is 8.64. The van der Waals surface area contributed by atoms with E-state index in [1.54, 1.807) is 33.6 Å². The van der Waals surface area contributed by atoms with Gasteiger partial charge in [-0.25, -0.2) is 0 Å². The molecular weight excluding hydrogens is 158 g/mol. The van der Waals surface area contributed by atoms with Crippen molar-refractivity contribution in [1.82, 2.24) is 0 Å². The van der Waals surface area contributed by atoms with Gasteiger partial charge in [0.05, 0.1) is 19.0 Å². The van der Waals surface area contributed by atoms with Crippen LogP contribution in [0.4, 0.5) is 0 Å². The van der Waals surface area contributed by atoms with Crippen LogP contribution in [0.3, 0.4) is 0 Å². The lowest BCUT2D eigenvalue weighted by molar-refractivity contribution is -0.887.